The van der Waals surface area contributed by atoms with E-state index in [9.17, 15) is 9.59 Å². The number of carbonyl (C=O) groups is 2. The van der Waals surface area contributed by atoms with Crippen molar-refractivity contribution in [1.29, 1.82) is 0 Å². The van der Waals surface area contributed by atoms with Crippen LogP contribution in [-0.2, 0) is 16.8 Å². The molecule has 2 amide bonds. The van der Waals surface area contributed by atoms with E-state index in [1.54, 1.807) is 4.90 Å². The van der Waals surface area contributed by atoms with Gasteiger partial charge in [0.2, 0.25) is 0 Å². The summed E-state index contributed by atoms with van der Waals surface area (Å²) < 4.78 is 6.90. The highest BCUT2D eigenvalue weighted by atomic mass is 16.6. The fraction of sp³-hybridized carbons (Fsp3) is 0.389. The maximum Gasteiger partial charge on any atom is 0.414 e. The zero-order chi connectivity index (χ0) is 19.0. The number of nitrogens with zero attached hydrogens (tertiary/aromatic N) is 5. The second kappa shape index (κ2) is 6.39. The summed E-state index contributed by atoms with van der Waals surface area (Å²) in [6.45, 7) is 8.02. The third kappa shape index (κ3) is 3.10. The molecule has 1 aromatic carbocycles. The van der Waals surface area contributed by atoms with Crippen LogP contribution in [0.25, 0.3) is 4.85 Å². The van der Waals surface area contributed by atoms with E-state index in [1.807, 2.05) is 24.3 Å². The third-order valence-electron chi connectivity index (χ3n) is 4.92. The number of rotatable bonds is 5. The molecule has 2 aliphatic rings. The predicted molar refractivity (Wildman–Crippen MR) is 95.0 cm³/mol. The van der Waals surface area contributed by atoms with Gasteiger partial charge >= 0.3 is 6.09 Å². The Morgan fingerprint density at radius 3 is 2.78 bits per heavy atom. The van der Waals surface area contributed by atoms with Crippen LogP contribution in [0.3, 0.4) is 0 Å². The molecular formula is C18H18N6O3. The Balaban J connectivity index is 1.42. The lowest BCUT2D eigenvalue weighted by atomic mass is 10.1. The molecule has 2 aromatic rings. The summed E-state index contributed by atoms with van der Waals surface area (Å²) >= 11 is 0. The number of hydrogen-bond donors (Lipinski definition) is 1. The SMILES string of the molecule is [C-]#[N+]C1(c2ccc(N3C[C@H](Cn4cc(C(=O)NC)nn4)OC3=O)cc2)CC1. The summed E-state index contributed by atoms with van der Waals surface area (Å²) in [5.74, 6) is -0.320. The van der Waals surface area contributed by atoms with E-state index >= 15 is 0 Å². The zero-order valence-corrected chi connectivity index (χ0v) is 14.8. The molecule has 2 fully saturated rings. The number of ether oxygens (including phenoxy) is 1. The number of aromatic nitrogens is 3. The lowest BCUT2D eigenvalue weighted by molar-refractivity contribution is 0.0957. The molecular weight excluding hydrogens is 348 g/mol. The number of carbonyl (C=O) groups excluding carboxylic acids is 2. The molecule has 27 heavy (non-hydrogen) atoms. The first-order valence-corrected chi connectivity index (χ1v) is 8.64. The molecule has 4 rings (SSSR count). The molecule has 1 saturated carbocycles. The van der Waals surface area contributed by atoms with Crippen LogP contribution in [0.15, 0.2) is 30.5 Å². The highest BCUT2D eigenvalue weighted by molar-refractivity contribution is 5.91. The van der Waals surface area contributed by atoms with Gasteiger partial charge in [-0.1, -0.05) is 5.21 Å². The van der Waals surface area contributed by atoms with E-state index in [0.29, 0.717) is 13.1 Å². The van der Waals surface area contributed by atoms with E-state index < -0.39 is 12.2 Å². The Bertz CT molecular complexity index is 925. The summed E-state index contributed by atoms with van der Waals surface area (Å²) in [4.78, 5) is 29.1. The van der Waals surface area contributed by atoms with Crippen molar-refractivity contribution in [2.45, 2.75) is 31.0 Å². The van der Waals surface area contributed by atoms with Gasteiger partial charge in [-0.05, 0) is 24.3 Å². The van der Waals surface area contributed by atoms with Crippen LogP contribution in [0.5, 0.6) is 0 Å². The minimum atomic E-state index is -0.425. The maximum atomic E-state index is 12.2. The van der Waals surface area contributed by atoms with Gasteiger partial charge in [0.1, 0.15) is 6.10 Å². The average Bonchev–Trinajstić information content (AvgIpc) is 3.22. The van der Waals surface area contributed by atoms with E-state index in [-0.39, 0.29) is 17.1 Å². The highest BCUT2D eigenvalue weighted by Gasteiger charge is 2.52. The standard InChI is InChI=1S/C18H18N6O3/c1-19-16(25)15-11-23(22-21-15)9-14-10-24(17(26)27-14)13-5-3-12(4-6-13)18(20-2)7-8-18/h3-6,11,14H,7-10H2,1H3,(H,19,25)/t14-/m0/s1. The molecule has 1 aliphatic heterocycles. The van der Waals surface area contributed by atoms with Gasteiger partial charge < -0.3 is 14.9 Å². The van der Waals surface area contributed by atoms with Crippen molar-refractivity contribution in [2.75, 3.05) is 18.5 Å². The monoisotopic (exact) mass is 366 g/mol. The summed E-state index contributed by atoms with van der Waals surface area (Å²) in [6.07, 6.45) is 2.48. The van der Waals surface area contributed by atoms with Gasteiger partial charge in [-0.25, -0.2) is 16.0 Å². The molecule has 1 saturated heterocycles. The van der Waals surface area contributed by atoms with Crippen LogP contribution < -0.4 is 10.2 Å². The predicted octanol–water partition coefficient (Wildman–Crippen LogP) is 1.57. The van der Waals surface area contributed by atoms with E-state index in [0.717, 1.165) is 24.1 Å². The fourth-order valence-electron chi connectivity index (χ4n) is 3.19. The largest absolute Gasteiger partial charge is 0.442 e. The van der Waals surface area contributed by atoms with Crippen molar-refractivity contribution in [3.63, 3.8) is 0 Å². The quantitative estimate of drug-likeness (QED) is 0.811. The lowest BCUT2D eigenvalue weighted by Crippen LogP contribution is -2.26. The van der Waals surface area contributed by atoms with Crippen molar-refractivity contribution in [1.82, 2.24) is 20.3 Å². The summed E-state index contributed by atoms with van der Waals surface area (Å²) in [5.41, 5.74) is 1.58. The number of hydrogen-bond acceptors (Lipinski definition) is 5. The molecule has 1 aliphatic carbocycles. The molecule has 138 valence electrons. The number of benzene rings is 1. The molecule has 0 unspecified atom stereocenters. The van der Waals surface area contributed by atoms with Crippen LogP contribution in [-0.4, -0.2) is 46.7 Å². The number of amides is 2. The average molecular weight is 366 g/mol. The van der Waals surface area contributed by atoms with Crippen LogP contribution in [0.2, 0.25) is 0 Å². The van der Waals surface area contributed by atoms with E-state index in [4.69, 9.17) is 11.3 Å². The first kappa shape index (κ1) is 17.0. The molecule has 0 bridgehead atoms. The van der Waals surface area contributed by atoms with Gasteiger partial charge in [-0.2, -0.15) is 0 Å². The second-order valence-electron chi connectivity index (χ2n) is 6.71. The molecule has 0 radical (unpaired) electrons. The van der Waals surface area contributed by atoms with Gasteiger partial charge in [0.25, 0.3) is 11.4 Å². The highest BCUT2D eigenvalue weighted by Crippen LogP contribution is 2.49. The Kier molecular flexibility index (Phi) is 4.03. The minimum Gasteiger partial charge on any atom is -0.442 e. The summed E-state index contributed by atoms with van der Waals surface area (Å²) in [6, 6.07) is 7.52. The Labute approximate surface area is 155 Å². The smallest absolute Gasteiger partial charge is 0.414 e. The second-order valence-corrected chi connectivity index (χ2v) is 6.71. The van der Waals surface area contributed by atoms with Gasteiger partial charge in [0.05, 0.1) is 19.3 Å². The molecule has 9 nitrogen and oxygen atoms in total. The normalized spacial score (nSPS) is 20.1. The Morgan fingerprint density at radius 2 is 2.15 bits per heavy atom. The van der Waals surface area contributed by atoms with E-state index in [1.165, 1.54) is 17.9 Å². The third-order valence-corrected chi connectivity index (χ3v) is 4.92. The topological polar surface area (TPSA) is 93.7 Å². The Hall–Kier alpha value is -3.41. The molecule has 0 spiro atoms. The first-order valence-electron chi connectivity index (χ1n) is 8.64. The molecule has 9 heteroatoms. The van der Waals surface area contributed by atoms with Crippen LogP contribution in [0.1, 0.15) is 28.9 Å². The van der Waals surface area contributed by atoms with Gasteiger partial charge in [-0.15, -0.1) is 5.10 Å². The molecule has 2 heterocycles. The number of nitrogens with one attached hydrogen (secondary N) is 1. The van der Waals surface area contributed by atoms with Crippen molar-refractivity contribution < 1.29 is 14.3 Å². The number of cyclic esters (lactones) is 1. The minimum absolute atomic E-state index is 0.211. The van der Waals surface area contributed by atoms with Crippen LogP contribution in [0.4, 0.5) is 10.5 Å². The fourth-order valence-corrected chi connectivity index (χ4v) is 3.19. The van der Waals surface area contributed by atoms with Crippen LogP contribution in [0, 0.1) is 6.57 Å². The van der Waals surface area contributed by atoms with Crippen molar-refractivity contribution >= 4 is 17.7 Å². The Morgan fingerprint density at radius 1 is 1.41 bits per heavy atom. The van der Waals surface area contributed by atoms with Crippen LogP contribution >= 0.6 is 0 Å². The van der Waals surface area contributed by atoms with Gasteiger partial charge in [-0.3, -0.25) is 9.69 Å². The van der Waals surface area contributed by atoms with Crippen molar-refractivity contribution in [3.8, 4) is 0 Å². The summed E-state index contributed by atoms with van der Waals surface area (Å²) in [5, 5.41) is 10.2. The zero-order valence-electron chi connectivity index (χ0n) is 14.8. The van der Waals surface area contributed by atoms with E-state index in [2.05, 4.69) is 20.5 Å². The van der Waals surface area contributed by atoms with Gasteiger partial charge in [0, 0.05) is 31.1 Å². The molecule has 1 aromatic heterocycles. The van der Waals surface area contributed by atoms with Crippen molar-refractivity contribution in [3.05, 3.63) is 53.1 Å². The van der Waals surface area contributed by atoms with Crippen molar-refractivity contribution in [2.24, 2.45) is 0 Å². The number of anilines is 1. The molecule has 1 atom stereocenters. The van der Waals surface area contributed by atoms with Gasteiger partial charge in [0.15, 0.2) is 5.69 Å². The first-order chi connectivity index (χ1) is 13.0. The summed E-state index contributed by atoms with van der Waals surface area (Å²) in [7, 11) is 1.52. The molecule has 1 N–H and O–H groups in total. The maximum absolute atomic E-state index is 12.2. The lowest BCUT2D eigenvalue weighted by Gasteiger charge is -2.13.